The Bertz CT molecular complexity index is 582. The van der Waals surface area contributed by atoms with Gasteiger partial charge in [-0.2, -0.15) is 5.10 Å². The number of H-pyrrole nitrogens is 1. The zero-order valence-electron chi connectivity index (χ0n) is 9.61. The zero-order valence-corrected chi connectivity index (χ0v) is 9.61. The first kappa shape index (κ1) is 12.0. The number of rotatable bonds is 4. The molecule has 0 saturated heterocycles. The predicted molar refractivity (Wildman–Crippen MR) is 63.7 cm³/mol. The molecule has 7 heteroatoms. The summed E-state index contributed by atoms with van der Waals surface area (Å²) in [5, 5.41) is 19.9. The topological polar surface area (TPSA) is 83.8 Å². The van der Waals surface area contributed by atoms with Gasteiger partial charge < -0.3 is 5.32 Å². The Kier molecular flexibility index (Phi) is 3.22. The van der Waals surface area contributed by atoms with Crippen molar-refractivity contribution in [2.45, 2.75) is 13.5 Å². The molecule has 1 aromatic heterocycles. The summed E-state index contributed by atoms with van der Waals surface area (Å²) in [5.74, 6) is -0.648. The molecule has 0 fully saturated rings. The highest BCUT2D eigenvalue weighted by Gasteiger charge is 2.10. The van der Waals surface area contributed by atoms with E-state index in [0.717, 1.165) is 17.3 Å². The van der Waals surface area contributed by atoms with Crippen LogP contribution in [0.5, 0.6) is 0 Å². The van der Waals surface area contributed by atoms with Crippen LogP contribution in [0, 0.1) is 22.9 Å². The van der Waals surface area contributed by atoms with Gasteiger partial charge in [0.2, 0.25) is 0 Å². The highest BCUT2D eigenvalue weighted by atomic mass is 19.1. The van der Waals surface area contributed by atoms with Crippen molar-refractivity contribution < 1.29 is 9.31 Å². The molecule has 0 spiro atoms. The minimum Gasteiger partial charge on any atom is -0.378 e. The van der Waals surface area contributed by atoms with Crippen molar-refractivity contribution in [1.29, 1.82) is 0 Å². The average molecular weight is 250 g/mol. The second-order valence-corrected chi connectivity index (χ2v) is 3.80. The number of aryl methyl sites for hydroxylation is 1. The summed E-state index contributed by atoms with van der Waals surface area (Å²) in [7, 11) is 0. The van der Waals surface area contributed by atoms with E-state index in [1.165, 1.54) is 12.1 Å². The van der Waals surface area contributed by atoms with Crippen molar-refractivity contribution in [2.75, 3.05) is 5.32 Å². The van der Waals surface area contributed by atoms with Crippen LogP contribution in [0.3, 0.4) is 0 Å². The molecule has 0 radical (unpaired) electrons. The van der Waals surface area contributed by atoms with E-state index in [-0.39, 0.29) is 11.4 Å². The molecule has 0 saturated carbocycles. The monoisotopic (exact) mass is 250 g/mol. The molecule has 0 unspecified atom stereocenters. The number of non-ortho nitro benzene ring substituents is 1. The Morgan fingerprint density at radius 2 is 2.33 bits per heavy atom. The summed E-state index contributed by atoms with van der Waals surface area (Å²) >= 11 is 0. The molecule has 1 heterocycles. The minimum atomic E-state index is -0.648. The van der Waals surface area contributed by atoms with Gasteiger partial charge in [-0.25, -0.2) is 4.39 Å². The number of hydrogen-bond donors (Lipinski definition) is 2. The van der Waals surface area contributed by atoms with E-state index in [1.54, 1.807) is 6.20 Å². The first-order valence-electron chi connectivity index (χ1n) is 5.24. The number of aromatic nitrogens is 2. The lowest BCUT2D eigenvalue weighted by Crippen LogP contribution is -2.02. The lowest BCUT2D eigenvalue weighted by Gasteiger charge is -2.06. The third kappa shape index (κ3) is 2.45. The van der Waals surface area contributed by atoms with E-state index in [2.05, 4.69) is 15.5 Å². The van der Waals surface area contributed by atoms with Gasteiger partial charge >= 0.3 is 0 Å². The summed E-state index contributed by atoms with van der Waals surface area (Å²) in [5.41, 5.74) is 1.76. The second kappa shape index (κ2) is 4.82. The lowest BCUT2D eigenvalue weighted by atomic mass is 10.2. The normalized spacial score (nSPS) is 10.3. The molecule has 0 aliphatic heterocycles. The summed E-state index contributed by atoms with van der Waals surface area (Å²) in [6, 6.07) is 3.50. The number of anilines is 1. The van der Waals surface area contributed by atoms with Gasteiger partial charge in [-0.15, -0.1) is 0 Å². The van der Waals surface area contributed by atoms with Crippen molar-refractivity contribution in [2.24, 2.45) is 0 Å². The molecule has 0 aliphatic carbocycles. The molecule has 0 bridgehead atoms. The number of nitrogens with one attached hydrogen (secondary N) is 2. The Morgan fingerprint density at radius 1 is 1.56 bits per heavy atom. The molecule has 0 amide bonds. The SMILES string of the molecule is Cc1[nH]ncc1CNc1ccc([N+](=O)[O-])cc1F. The lowest BCUT2D eigenvalue weighted by molar-refractivity contribution is -0.385. The van der Waals surface area contributed by atoms with Crippen molar-refractivity contribution in [3.8, 4) is 0 Å². The Balaban J connectivity index is 2.11. The van der Waals surface area contributed by atoms with Gasteiger partial charge in [-0.3, -0.25) is 15.2 Å². The fourth-order valence-electron chi connectivity index (χ4n) is 1.51. The first-order chi connectivity index (χ1) is 8.58. The van der Waals surface area contributed by atoms with E-state index < -0.39 is 10.7 Å². The second-order valence-electron chi connectivity index (χ2n) is 3.80. The van der Waals surface area contributed by atoms with Crippen LogP contribution < -0.4 is 5.32 Å². The first-order valence-corrected chi connectivity index (χ1v) is 5.24. The molecule has 0 atom stereocenters. The zero-order chi connectivity index (χ0) is 13.1. The quantitative estimate of drug-likeness (QED) is 0.644. The Hall–Kier alpha value is -2.44. The van der Waals surface area contributed by atoms with Crippen molar-refractivity contribution in [1.82, 2.24) is 10.2 Å². The van der Waals surface area contributed by atoms with E-state index in [1.807, 2.05) is 6.92 Å². The van der Waals surface area contributed by atoms with E-state index in [0.29, 0.717) is 6.54 Å². The number of hydrogen-bond acceptors (Lipinski definition) is 4. The van der Waals surface area contributed by atoms with Gasteiger partial charge in [-0.05, 0) is 13.0 Å². The van der Waals surface area contributed by atoms with Gasteiger partial charge in [0.05, 0.1) is 22.9 Å². The summed E-state index contributed by atoms with van der Waals surface area (Å²) in [6.07, 6.45) is 1.64. The largest absolute Gasteiger partial charge is 0.378 e. The van der Waals surface area contributed by atoms with Crippen LogP contribution in [0.1, 0.15) is 11.3 Å². The number of halogens is 1. The highest BCUT2D eigenvalue weighted by Crippen LogP contribution is 2.21. The van der Waals surface area contributed by atoms with E-state index in [4.69, 9.17) is 0 Å². The molecule has 94 valence electrons. The van der Waals surface area contributed by atoms with Gasteiger partial charge in [0.1, 0.15) is 0 Å². The Morgan fingerprint density at radius 3 is 2.89 bits per heavy atom. The molecule has 0 aliphatic rings. The summed E-state index contributed by atoms with van der Waals surface area (Å²) < 4.78 is 13.5. The van der Waals surface area contributed by atoms with Crippen molar-refractivity contribution in [3.63, 3.8) is 0 Å². The van der Waals surface area contributed by atoms with E-state index >= 15 is 0 Å². The predicted octanol–water partition coefficient (Wildman–Crippen LogP) is 2.38. The van der Waals surface area contributed by atoms with Gasteiger partial charge in [0.25, 0.3) is 5.69 Å². The molecule has 6 nitrogen and oxygen atoms in total. The molecule has 2 N–H and O–H groups in total. The van der Waals surface area contributed by atoms with Crippen LogP contribution >= 0.6 is 0 Å². The molecular formula is C11H11FN4O2. The fourth-order valence-corrected chi connectivity index (χ4v) is 1.51. The molecule has 18 heavy (non-hydrogen) atoms. The number of nitro groups is 1. The molecular weight excluding hydrogens is 239 g/mol. The molecule has 1 aromatic carbocycles. The third-order valence-electron chi connectivity index (χ3n) is 2.57. The maximum Gasteiger partial charge on any atom is 0.272 e. The average Bonchev–Trinajstić information content (AvgIpc) is 2.73. The number of aromatic amines is 1. The van der Waals surface area contributed by atoms with Crippen LogP contribution in [0.2, 0.25) is 0 Å². The van der Waals surface area contributed by atoms with Gasteiger partial charge in [0.15, 0.2) is 5.82 Å². The highest BCUT2D eigenvalue weighted by molar-refractivity contribution is 5.50. The fraction of sp³-hybridized carbons (Fsp3) is 0.182. The van der Waals surface area contributed by atoms with Crippen molar-refractivity contribution >= 4 is 11.4 Å². The Labute approximate surface area is 102 Å². The van der Waals surface area contributed by atoms with Crippen LogP contribution in [0.25, 0.3) is 0 Å². The number of nitrogens with zero attached hydrogens (tertiary/aromatic N) is 2. The van der Waals surface area contributed by atoms with Crippen molar-refractivity contribution in [3.05, 3.63) is 51.6 Å². The standard InChI is InChI=1S/C11H11FN4O2/c1-7-8(6-14-15-7)5-13-11-3-2-9(16(17)18)4-10(11)12/h2-4,6,13H,5H2,1H3,(H,14,15). The number of nitro benzene ring substituents is 1. The number of benzene rings is 1. The smallest absolute Gasteiger partial charge is 0.272 e. The minimum absolute atomic E-state index is 0.223. The van der Waals surface area contributed by atoms with Crippen LogP contribution in [0.4, 0.5) is 15.8 Å². The van der Waals surface area contributed by atoms with Crippen LogP contribution in [-0.2, 0) is 6.54 Å². The van der Waals surface area contributed by atoms with E-state index in [9.17, 15) is 14.5 Å². The van der Waals surface area contributed by atoms with Gasteiger partial charge in [0, 0.05) is 23.9 Å². The summed E-state index contributed by atoms with van der Waals surface area (Å²) in [4.78, 5) is 9.83. The van der Waals surface area contributed by atoms with Crippen LogP contribution in [-0.4, -0.2) is 15.1 Å². The summed E-state index contributed by atoms with van der Waals surface area (Å²) in [6.45, 7) is 2.26. The van der Waals surface area contributed by atoms with Gasteiger partial charge in [-0.1, -0.05) is 0 Å². The maximum absolute atomic E-state index is 13.5. The molecule has 2 aromatic rings. The maximum atomic E-state index is 13.5. The third-order valence-corrected chi connectivity index (χ3v) is 2.57. The molecule has 2 rings (SSSR count). The van der Waals surface area contributed by atoms with Crippen LogP contribution in [0.15, 0.2) is 24.4 Å².